The number of carboxylic acid groups (broad SMARTS) is 1. The van der Waals surface area contributed by atoms with E-state index < -0.39 is 5.97 Å². The van der Waals surface area contributed by atoms with Gasteiger partial charge in [0, 0.05) is 36.6 Å². The number of hydrogen-bond acceptors (Lipinski definition) is 9. The standard InChI is InChI=1S/C22H29N5O4S.ClH/c1-2-31-21(30)14-26-10-7-18(8-11-26)27(12-9-20(28)29)22-25-19(15-32-22)17-5-3-16(4-6-17)13-24-23;/h3-6,13,15,18H,2,7-12,14,23H2,1H3,(H,28,29);1H. The molecule has 0 saturated carbocycles. The Hall–Kier alpha value is -2.69. The smallest absolute Gasteiger partial charge is 0.320 e. The number of rotatable bonds is 10. The van der Waals surface area contributed by atoms with Gasteiger partial charge in [0.15, 0.2) is 5.13 Å². The summed E-state index contributed by atoms with van der Waals surface area (Å²) >= 11 is 1.52. The van der Waals surface area contributed by atoms with Crippen LogP contribution in [0.1, 0.15) is 31.7 Å². The number of halogens is 1. The lowest BCUT2D eigenvalue weighted by Gasteiger charge is -2.38. The van der Waals surface area contributed by atoms with Crippen LogP contribution >= 0.6 is 23.7 Å². The second kappa shape index (κ2) is 13.1. The van der Waals surface area contributed by atoms with E-state index in [0.717, 1.165) is 47.9 Å². The highest BCUT2D eigenvalue weighted by atomic mass is 35.5. The summed E-state index contributed by atoms with van der Waals surface area (Å²) in [6.45, 7) is 4.40. The zero-order valence-corrected chi connectivity index (χ0v) is 20.2. The number of carbonyl (C=O) groups excluding carboxylic acids is 1. The third-order valence-corrected chi connectivity index (χ3v) is 6.27. The monoisotopic (exact) mass is 495 g/mol. The average molecular weight is 496 g/mol. The Kier molecular flexibility index (Phi) is 10.6. The highest BCUT2D eigenvalue weighted by Gasteiger charge is 2.28. The lowest BCUT2D eigenvalue weighted by Crippen LogP contribution is -2.47. The second-order valence-corrected chi connectivity index (χ2v) is 8.40. The normalized spacial score (nSPS) is 14.7. The minimum Gasteiger partial charge on any atom is -0.481 e. The minimum absolute atomic E-state index is 0. The van der Waals surface area contributed by atoms with Crippen molar-refractivity contribution in [2.45, 2.75) is 32.2 Å². The molecule has 3 N–H and O–H groups in total. The van der Waals surface area contributed by atoms with Crippen molar-refractivity contribution in [2.75, 3.05) is 37.7 Å². The van der Waals surface area contributed by atoms with Crippen molar-refractivity contribution in [1.29, 1.82) is 0 Å². The summed E-state index contributed by atoms with van der Waals surface area (Å²) in [5, 5.41) is 15.6. The van der Waals surface area contributed by atoms with Crippen LogP contribution in [0.15, 0.2) is 34.7 Å². The summed E-state index contributed by atoms with van der Waals surface area (Å²) in [5.74, 6) is 4.16. The third-order valence-electron chi connectivity index (χ3n) is 5.39. The van der Waals surface area contributed by atoms with E-state index >= 15 is 0 Å². The van der Waals surface area contributed by atoms with E-state index in [9.17, 15) is 14.7 Å². The van der Waals surface area contributed by atoms with E-state index in [-0.39, 0.29) is 30.8 Å². The average Bonchev–Trinajstić information content (AvgIpc) is 3.26. The maximum Gasteiger partial charge on any atom is 0.320 e. The predicted molar refractivity (Wildman–Crippen MR) is 132 cm³/mol. The summed E-state index contributed by atoms with van der Waals surface area (Å²) in [4.78, 5) is 32.0. The van der Waals surface area contributed by atoms with Gasteiger partial charge in [-0.1, -0.05) is 24.3 Å². The van der Waals surface area contributed by atoms with Gasteiger partial charge in [0.05, 0.1) is 31.5 Å². The van der Waals surface area contributed by atoms with Crippen molar-refractivity contribution < 1.29 is 19.4 Å². The molecule has 33 heavy (non-hydrogen) atoms. The quantitative estimate of drug-likeness (QED) is 0.223. The van der Waals surface area contributed by atoms with E-state index in [1.165, 1.54) is 11.3 Å². The Balaban J connectivity index is 0.00000385. The molecule has 0 bridgehead atoms. The van der Waals surface area contributed by atoms with Gasteiger partial charge in [0.1, 0.15) is 0 Å². The molecule has 1 aliphatic rings. The minimum atomic E-state index is -0.830. The number of nitrogens with two attached hydrogens (primary N) is 1. The van der Waals surface area contributed by atoms with Gasteiger partial charge in [-0.05, 0) is 25.3 Å². The number of likely N-dealkylation sites (tertiary alicyclic amines) is 1. The van der Waals surface area contributed by atoms with Crippen molar-refractivity contribution in [3.8, 4) is 11.3 Å². The summed E-state index contributed by atoms with van der Waals surface area (Å²) in [5.41, 5.74) is 2.73. The molecule has 1 aromatic carbocycles. The molecule has 180 valence electrons. The first-order valence-electron chi connectivity index (χ1n) is 10.7. The highest BCUT2D eigenvalue weighted by molar-refractivity contribution is 7.14. The Bertz CT molecular complexity index is 929. The van der Waals surface area contributed by atoms with E-state index in [1.54, 1.807) is 13.1 Å². The molecule has 1 saturated heterocycles. The van der Waals surface area contributed by atoms with Gasteiger partial charge < -0.3 is 20.6 Å². The SMILES string of the molecule is CCOC(=O)CN1CCC(N(CCC(=O)O)c2nc(-c3ccc(C=NN)cc3)cs2)CC1.Cl. The number of ether oxygens (including phenoxy) is 1. The number of hydrogen-bond donors (Lipinski definition) is 2. The molecule has 0 atom stereocenters. The summed E-state index contributed by atoms with van der Waals surface area (Å²) in [6, 6.07) is 7.95. The molecular formula is C22H30ClN5O4S. The van der Waals surface area contributed by atoms with Gasteiger partial charge in [0.25, 0.3) is 0 Å². The zero-order valence-electron chi connectivity index (χ0n) is 18.6. The maximum absolute atomic E-state index is 11.8. The highest BCUT2D eigenvalue weighted by Crippen LogP contribution is 2.31. The fourth-order valence-corrected chi connectivity index (χ4v) is 4.72. The van der Waals surface area contributed by atoms with E-state index in [0.29, 0.717) is 19.7 Å². The van der Waals surface area contributed by atoms with Crippen LogP contribution < -0.4 is 10.7 Å². The van der Waals surface area contributed by atoms with Crippen molar-refractivity contribution in [2.24, 2.45) is 10.9 Å². The molecule has 0 radical (unpaired) electrons. The van der Waals surface area contributed by atoms with Gasteiger partial charge in [-0.3, -0.25) is 14.5 Å². The number of carbonyl (C=O) groups is 2. The fraction of sp³-hybridized carbons (Fsp3) is 0.455. The number of piperidine rings is 1. The number of nitrogens with zero attached hydrogens (tertiary/aromatic N) is 4. The van der Waals surface area contributed by atoms with Gasteiger partial charge in [-0.25, -0.2) is 4.98 Å². The van der Waals surface area contributed by atoms with Gasteiger partial charge in [-0.15, -0.1) is 23.7 Å². The van der Waals surface area contributed by atoms with Gasteiger partial charge >= 0.3 is 11.9 Å². The number of esters is 1. The number of aliphatic carboxylic acids is 1. The van der Waals surface area contributed by atoms with Crippen LogP contribution in [0.4, 0.5) is 5.13 Å². The molecule has 0 amide bonds. The predicted octanol–water partition coefficient (Wildman–Crippen LogP) is 2.83. The number of carboxylic acids is 1. The Labute approximate surface area is 203 Å². The molecule has 1 aromatic heterocycles. The van der Waals surface area contributed by atoms with Crippen molar-refractivity contribution in [3.63, 3.8) is 0 Å². The Morgan fingerprint density at radius 3 is 2.64 bits per heavy atom. The van der Waals surface area contributed by atoms with E-state index in [1.807, 2.05) is 29.6 Å². The Morgan fingerprint density at radius 2 is 2.03 bits per heavy atom. The van der Waals surface area contributed by atoms with E-state index in [4.69, 9.17) is 15.6 Å². The molecule has 11 heteroatoms. The molecule has 9 nitrogen and oxygen atoms in total. The third kappa shape index (κ3) is 7.69. The summed E-state index contributed by atoms with van der Waals surface area (Å²) in [7, 11) is 0. The Morgan fingerprint density at radius 1 is 1.33 bits per heavy atom. The number of anilines is 1. The molecule has 2 heterocycles. The first kappa shape index (κ1) is 26.6. The summed E-state index contributed by atoms with van der Waals surface area (Å²) < 4.78 is 5.04. The van der Waals surface area contributed by atoms with Crippen LogP contribution in [0.2, 0.25) is 0 Å². The van der Waals surface area contributed by atoms with Crippen LogP contribution in [0, 0.1) is 0 Å². The van der Waals surface area contributed by atoms with Crippen molar-refractivity contribution in [1.82, 2.24) is 9.88 Å². The summed E-state index contributed by atoms with van der Waals surface area (Å²) in [6.07, 6.45) is 3.30. The molecule has 0 spiro atoms. The van der Waals surface area contributed by atoms with Crippen LogP contribution in [-0.2, 0) is 14.3 Å². The van der Waals surface area contributed by atoms with Crippen LogP contribution in [-0.4, -0.2) is 72.0 Å². The van der Waals surface area contributed by atoms with Crippen molar-refractivity contribution in [3.05, 3.63) is 35.2 Å². The van der Waals surface area contributed by atoms with E-state index in [2.05, 4.69) is 14.9 Å². The van der Waals surface area contributed by atoms with Crippen LogP contribution in [0.3, 0.4) is 0 Å². The second-order valence-electron chi connectivity index (χ2n) is 7.56. The molecule has 1 aliphatic heterocycles. The zero-order chi connectivity index (χ0) is 22.9. The fourth-order valence-electron chi connectivity index (χ4n) is 3.78. The van der Waals surface area contributed by atoms with Crippen molar-refractivity contribution >= 4 is 47.0 Å². The molecule has 2 aromatic rings. The maximum atomic E-state index is 11.8. The molecule has 1 fully saturated rings. The molecule has 3 rings (SSSR count). The van der Waals surface area contributed by atoms with Crippen LogP contribution in [0.25, 0.3) is 11.3 Å². The van der Waals surface area contributed by atoms with Crippen LogP contribution in [0.5, 0.6) is 0 Å². The first-order valence-corrected chi connectivity index (χ1v) is 11.5. The largest absolute Gasteiger partial charge is 0.481 e. The van der Waals surface area contributed by atoms with Gasteiger partial charge in [-0.2, -0.15) is 5.10 Å². The first-order chi connectivity index (χ1) is 15.5. The topological polar surface area (TPSA) is 121 Å². The number of aromatic nitrogens is 1. The lowest BCUT2D eigenvalue weighted by molar-refractivity contribution is -0.144. The molecule has 0 aliphatic carbocycles. The number of hydrazone groups is 1. The lowest BCUT2D eigenvalue weighted by atomic mass is 10.0. The molecular weight excluding hydrogens is 466 g/mol. The van der Waals surface area contributed by atoms with Gasteiger partial charge in [0.2, 0.25) is 0 Å². The number of benzene rings is 1. The number of thiazole rings is 1. The molecule has 0 unspecified atom stereocenters.